The van der Waals surface area contributed by atoms with Gasteiger partial charge in [-0.1, -0.05) is 118 Å². The van der Waals surface area contributed by atoms with E-state index in [1.807, 2.05) is 49.4 Å². The predicted octanol–water partition coefficient (Wildman–Crippen LogP) is 9.77. The van der Waals surface area contributed by atoms with Crippen LogP contribution in [-0.4, -0.2) is 17.5 Å². The normalized spacial score (nSPS) is 11.7. The van der Waals surface area contributed by atoms with Crippen molar-refractivity contribution in [2.45, 2.75) is 84.3 Å². The van der Waals surface area contributed by atoms with E-state index >= 15 is 0 Å². The highest BCUT2D eigenvalue weighted by Crippen LogP contribution is 2.25. The Morgan fingerprint density at radius 3 is 1.98 bits per heavy atom. The van der Waals surface area contributed by atoms with Crippen molar-refractivity contribution in [2.24, 2.45) is 0 Å². The lowest BCUT2D eigenvalue weighted by Crippen LogP contribution is -1.99. The van der Waals surface area contributed by atoms with Crippen LogP contribution in [0.5, 0.6) is 11.5 Å². The van der Waals surface area contributed by atoms with E-state index < -0.39 is 0 Å². The molecule has 0 fully saturated rings. The van der Waals surface area contributed by atoms with E-state index in [0.717, 1.165) is 43.6 Å². The quantitative estimate of drug-likeness (QED) is 0.0653. The number of phenolic OH excluding ortho intramolecular Hbond substituents is 1. The van der Waals surface area contributed by atoms with E-state index in [-0.39, 0.29) is 17.1 Å². The minimum atomic E-state index is -0.227. The van der Waals surface area contributed by atoms with Crippen LogP contribution in [0.1, 0.15) is 92.6 Å². The van der Waals surface area contributed by atoms with Crippen molar-refractivity contribution in [1.29, 1.82) is 0 Å². The molecule has 3 rings (SSSR count). The summed E-state index contributed by atoms with van der Waals surface area (Å²) in [4.78, 5) is 12.8. The number of hydrogen-bond donors (Lipinski definition) is 1. The Kier molecular flexibility index (Phi) is 15.1. The summed E-state index contributed by atoms with van der Waals surface area (Å²) in [6.07, 6.45) is 18.0. The second-order valence-electron chi connectivity index (χ2n) is 10.6. The van der Waals surface area contributed by atoms with Crippen LogP contribution in [0.25, 0.3) is 0 Å². The molecule has 0 saturated heterocycles. The Balaban J connectivity index is 1.21. The van der Waals surface area contributed by atoms with Crippen LogP contribution in [0.3, 0.4) is 0 Å². The zero-order valence-electron chi connectivity index (χ0n) is 24.6. The lowest BCUT2D eigenvalue weighted by atomic mass is 10.1. The van der Waals surface area contributed by atoms with Gasteiger partial charge in [-0.2, -0.15) is 0 Å². The van der Waals surface area contributed by atoms with Crippen LogP contribution in [0.4, 0.5) is 0 Å². The molecule has 0 aliphatic carbocycles. The largest absolute Gasteiger partial charge is 0.507 e. The number of allylic oxidation sites excluding steroid dienone is 4. The van der Waals surface area contributed by atoms with Crippen molar-refractivity contribution in [1.82, 2.24) is 0 Å². The molecule has 0 unspecified atom stereocenters. The standard InChI is InChI=1S/C37H46O4/c1-31(27-37(39)35-28-34(24-25-36(35)38)41-30-33-22-16-12-17-23-33)19-13-9-7-5-3-2-4-6-8-10-18-26-40-29-32-20-14-11-15-21-32/h11-17,19-25,27-28,38H,2-10,18,26,29-30H2,1H3. The number of ketones is 1. The molecule has 0 amide bonds. The molecule has 4 heteroatoms. The number of ether oxygens (including phenoxy) is 2. The Morgan fingerprint density at radius 1 is 0.732 bits per heavy atom. The molecule has 0 heterocycles. The van der Waals surface area contributed by atoms with Crippen molar-refractivity contribution in [2.75, 3.05) is 6.61 Å². The third-order valence-electron chi connectivity index (χ3n) is 6.99. The Bertz CT molecular complexity index is 1200. The zero-order valence-corrected chi connectivity index (χ0v) is 24.6. The first-order valence-corrected chi connectivity index (χ1v) is 15.1. The molecule has 41 heavy (non-hydrogen) atoms. The van der Waals surface area contributed by atoms with Gasteiger partial charge in [-0.3, -0.25) is 4.79 Å². The third-order valence-corrected chi connectivity index (χ3v) is 6.99. The van der Waals surface area contributed by atoms with E-state index in [4.69, 9.17) is 9.47 Å². The molecule has 0 saturated carbocycles. The van der Waals surface area contributed by atoms with Crippen LogP contribution in [0, 0.1) is 0 Å². The molecule has 0 radical (unpaired) electrons. The van der Waals surface area contributed by atoms with Crippen LogP contribution in [0.2, 0.25) is 0 Å². The first-order valence-electron chi connectivity index (χ1n) is 15.1. The molecule has 0 aliphatic heterocycles. The maximum Gasteiger partial charge on any atom is 0.189 e. The number of carbonyl (C=O) groups excluding carboxylic acids is 1. The fourth-order valence-electron chi connectivity index (χ4n) is 4.61. The zero-order chi connectivity index (χ0) is 29.0. The smallest absolute Gasteiger partial charge is 0.189 e. The van der Waals surface area contributed by atoms with E-state index in [1.54, 1.807) is 18.2 Å². The lowest BCUT2D eigenvalue weighted by molar-refractivity contribution is 0.104. The third kappa shape index (κ3) is 13.5. The predicted molar refractivity (Wildman–Crippen MR) is 168 cm³/mol. The summed E-state index contributed by atoms with van der Waals surface area (Å²) in [6.45, 7) is 3.89. The van der Waals surface area contributed by atoms with Gasteiger partial charge < -0.3 is 14.6 Å². The van der Waals surface area contributed by atoms with Gasteiger partial charge in [-0.25, -0.2) is 0 Å². The monoisotopic (exact) mass is 554 g/mol. The number of hydrogen-bond acceptors (Lipinski definition) is 4. The minimum Gasteiger partial charge on any atom is -0.507 e. The molecular formula is C37H46O4. The molecule has 4 nitrogen and oxygen atoms in total. The molecule has 0 atom stereocenters. The summed E-state index contributed by atoms with van der Waals surface area (Å²) in [6, 6.07) is 25.0. The fourth-order valence-corrected chi connectivity index (χ4v) is 4.61. The first kappa shape index (κ1) is 31.9. The summed E-state index contributed by atoms with van der Waals surface area (Å²) >= 11 is 0. The van der Waals surface area contributed by atoms with Crippen LogP contribution >= 0.6 is 0 Å². The van der Waals surface area contributed by atoms with Crippen LogP contribution in [-0.2, 0) is 18.0 Å². The number of carbonyl (C=O) groups is 1. The average Bonchev–Trinajstić information content (AvgIpc) is 2.99. The molecule has 1 N–H and O–H groups in total. The SMILES string of the molecule is CC(C=CCCCCCCCCCCCOCc1ccccc1)=CC(=O)c1cc(OCc2ccccc2)ccc1O. The van der Waals surface area contributed by atoms with Crippen molar-refractivity contribution in [3.05, 3.63) is 119 Å². The second kappa shape index (κ2) is 19.4. The van der Waals surface area contributed by atoms with Gasteiger partial charge in [0, 0.05) is 6.61 Å². The van der Waals surface area contributed by atoms with Crippen LogP contribution < -0.4 is 4.74 Å². The number of benzene rings is 3. The van der Waals surface area contributed by atoms with Crippen LogP contribution in [0.15, 0.2) is 103 Å². The van der Waals surface area contributed by atoms with Gasteiger partial charge in [-0.15, -0.1) is 0 Å². The number of aromatic hydroxyl groups is 1. The molecule has 0 aromatic heterocycles. The van der Waals surface area contributed by atoms with Crippen molar-refractivity contribution in [3.63, 3.8) is 0 Å². The van der Waals surface area contributed by atoms with Gasteiger partial charge in [0.05, 0.1) is 12.2 Å². The number of unbranched alkanes of at least 4 members (excludes halogenated alkanes) is 9. The topological polar surface area (TPSA) is 55.8 Å². The van der Waals surface area contributed by atoms with E-state index in [1.165, 1.54) is 56.6 Å². The van der Waals surface area contributed by atoms with Crippen molar-refractivity contribution >= 4 is 5.78 Å². The molecule has 3 aromatic carbocycles. The Labute approximate surface area is 246 Å². The number of phenols is 1. The molecule has 3 aromatic rings. The van der Waals surface area contributed by atoms with Gasteiger partial charge in [0.25, 0.3) is 0 Å². The number of rotatable bonds is 20. The van der Waals surface area contributed by atoms with Crippen molar-refractivity contribution in [3.8, 4) is 11.5 Å². The van der Waals surface area contributed by atoms with Gasteiger partial charge >= 0.3 is 0 Å². The van der Waals surface area contributed by atoms with Gasteiger partial charge in [-0.05, 0) is 67.2 Å². The Hall–Kier alpha value is -3.63. The molecule has 0 spiro atoms. The highest BCUT2D eigenvalue weighted by atomic mass is 16.5. The summed E-state index contributed by atoms with van der Waals surface area (Å²) in [5.74, 6) is 0.290. The molecular weight excluding hydrogens is 508 g/mol. The highest BCUT2D eigenvalue weighted by molar-refractivity contribution is 6.07. The maximum atomic E-state index is 12.8. The molecule has 0 aliphatic rings. The summed E-state index contributed by atoms with van der Waals surface area (Å²) in [5, 5.41) is 10.2. The fraction of sp³-hybridized carbons (Fsp3) is 0.378. The maximum absolute atomic E-state index is 12.8. The first-order chi connectivity index (χ1) is 20.1. The Morgan fingerprint density at radius 2 is 1.32 bits per heavy atom. The molecule has 0 bridgehead atoms. The second-order valence-corrected chi connectivity index (χ2v) is 10.6. The molecule has 218 valence electrons. The lowest BCUT2D eigenvalue weighted by Gasteiger charge is -2.08. The van der Waals surface area contributed by atoms with E-state index in [0.29, 0.717) is 12.4 Å². The van der Waals surface area contributed by atoms with E-state index in [9.17, 15) is 9.90 Å². The van der Waals surface area contributed by atoms with Gasteiger partial charge in [0.1, 0.15) is 18.1 Å². The summed E-state index contributed by atoms with van der Waals surface area (Å²) in [7, 11) is 0. The minimum absolute atomic E-state index is 0.0389. The summed E-state index contributed by atoms with van der Waals surface area (Å²) in [5.41, 5.74) is 3.41. The van der Waals surface area contributed by atoms with Gasteiger partial charge in [0.2, 0.25) is 0 Å². The van der Waals surface area contributed by atoms with Crippen molar-refractivity contribution < 1.29 is 19.4 Å². The summed E-state index contributed by atoms with van der Waals surface area (Å²) < 4.78 is 11.6. The van der Waals surface area contributed by atoms with E-state index in [2.05, 4.69) is 30.3 Å². The van der Waals surface area contributed by atoms with Gasteiger partial charge in [0.15, 0.2) is 5.78 Å². The highest BCUT2D eigenvalue weighted by Gasteiger charge is 2.11. The average molecular weight is 555 g/mol.